The van der Waals surface area contributed by atoms with Gasteiger partial charge < -0.3 is 25.3 Å². The maximum Gasteiger partial charge on any atom is 1.00 e. The molecule has 0 aromatic heterocycles. The first-order chi connectivity index (χ1) is 14.0. The Morgan fingerprint density at radius 2 is 0.848 bits per heavy atom. The average molecular weight is 436 g/mol. The van der Waals surface area contributed by atoms with Crippen molar-refractivity contribution in [2.75, 3.05) is 0 Å². The standard InChI is InChI=1S/2C10H10O3.BO3.3Li/c2*1-7(9(11)10(12)13)8-5-3-2-4-6-8;2-1(3)4;;;/h2*2-7H,1H3,(H,12,13);;;;/q;;-3;3*+1. The maximum absolute atomic E-state index is 11.0. The van der Waals surface area contributed by atoms with E-state index in [1.165, 1.54) is 0 Å². The van der Waals surface area contributed by atoms with Crippen molar-refractivity contribution in [3.8, 4) is 0 Å². The van der Waals surface area contributed by atoms with Gasteiger partial charge in [0.2, 0.25) is 11.6 Å². The molecule has 0 aliphatic rings. The van der Waals surface area contributed by atoms with E-state index < -0.39 is 42.7 Å². The molecule has 0 spiro atoms. The number of carbonyl (C=O) groups is 4. The number of rotatable bonds is 6. The van der Waals surface area contributed by atoms with Crippen LogP contribution >= 0.6 is 0 Å². The molecule has 2 aromatic carbocycles. The zero-order valence-corrected chi connectivity index (χ0v) is 19.3. The minimum absolute atomic E-state index is 0. The van der Waals surface area contributed by atoms with Gasteiger partial charge in [-0.25, -0.2) is 9.59 Å². The number of hydrogen-bond acceptors (Lipinski definition) is 7. The first kappa shape index (κ1) is 38.7. The monoisotopic (exact) mass is 436 g/mol. The van der Waals surface area contributed by atoms with E-state index in [0.29, 0.717) is 0 Å². The van der Waals surface area contributed by atoms with Gasteiger partial charge in [0, 0.05) is 0 Å². The molecule has 2 rings (SSSR count). The number of Topliss-reactive ketones (excluding diaryl/α,β-unsaturated/α-hetero) is 2. The van der Waals surface area contributed by atoms with Crippen molar-refractivity contribution in [1.29, 1.82) is 0 Å². The Kier molecular flexibility index (Phi) is 24.7. The summed E-state index contributed by atoms with van der Waals surface area (Å²) in [6.07, 6.45) is 0. The van der Waals surface area contributed by atoms with Crippen LogP contribution in [-0.2, 0) is 19.2 Å². The number of aliphatic carboxylic acids is 2. The second kappa shape index (κ2) is 21.0. The smallest absolute Gasteiger partial charge is 0.907 e. The van der Waals surface area contributed by atoms with Crippen LogP contribution in [-0.4, -0.2) is 41.0 Å². The van der Waals surface area contributed by atoms with E-state index in [-0.39, 0.29) is 56.6 Å². The van der Waals surface area contributed by atoms with Crippen molar-refractivity contribution in [1.82, 2.24) is 0 Å². The van der Waals surface area contributed by atoms with Crippen LogP contribution in [0.3, 0.4) is 0 Å². The van der Waals surface area contributed by atoms with E-state index in [4.69, 9.17) is 25.3 Å². The second-order valence-corrected chi connectivity index (χ2v) is 5.89. The quantitative estimate of drug-likeness (QED) is 0.329. The first-order valence-corrected chi connectivity index (χ1v) is 8.60. The molecule has 0 amide bonds. The van der Waals surface area contributed by atoms with Gasteiger partial charge in [-0.15, -0.1) is 0 Å². The third-order valence-corrected chi connectivity index (χ3v) is 3.81. The molecule has 13 heteroatoms. The van der Waals surface area contributed by atoms with E-state index in [0.717, 1.165) is 11.1 Å². The van der Waals surface area contributed by atoms with Crippen molar-refractivity contribution < 1.29 is 101 Å². The molecule has 2 aromatic rings. The third-order valence-electron chi connectivity index (χ3n) is 3.81. The number of ketones is 2. The Labute approximate surface area is 228 Å². The minimum atomic E-state index is -2.92. The van der Waals surface area contributed by atoms with Crippen LogP contribution < -0.4 is 71.7 Å². The van der Waals surface area contributed by atoms with Crippen LogP contribution in [0.4, 0.5) is 0 Å². The van der Waals surface area contributed by atoms with Gasteiger partial charge >= 0.3 is 68.5 Å². The Bertz CT molecular complexity index is 767. The summed E-state index contributed by atoms with van der Waals surface area (Å²) in [5.74, 6) is -5.44. The van der Waals surface area contributed by atoms with E-state index in [9.17, 15) is 19.2 Å². The molecule has 0 saturated heterocycles. The summed E-state index contributed by atoms with van der Waals surface area (Å²) in [6.45, 7) is 3.18. The summed E-state index contributed by atoms with van der Waals surface area (Å²) in [7, 11) is -2.92. The molecule has 0 radical (unpaired) electrons. The minimum Gasteiger partial charge on any atom is -0.907 e. The molecular formula is C20H20BLi3O9. The SMILES string of the molecule is CC(C(=O)C(=O)O)c1ccccc1.CC(C(=O)C(=O)O)c1ccccc1.[Li+].[Li+].[Li+].[O-]B([O-])[O-]. The summed E-state index contributed by atoms with van der Waals surface area (Å²) in [5.41, 5.74) is 1.46. The van der Waals surface area contributed by atoms with E-state index >= 15 is 0 Å². The van der Waals surface area contributed by atoms with Gasteiger partial charge in [0.15, 0.2) is 0 Å². The van der Waals surface area contributed by atoms with Crippen molar-refractivity contribution in [2.45, 2.75) is 25.7 Å². The fraction of sp³-hybridized carbons (Fsp3) is 0.200. The summed E-state index contributed by atoms with van der Waals surface area (Å²) < 4.78 is 0. The predicted octanol–water partition coefficient (Wildman–Crippen LogP) is -10.0. The van der Waals surface area contributed by atoms with E-state index in [2.05, 4.69) is 0 Å². The molecule has 0 aliphatic heterocycles. The van der Waals surface area contributed by atoms with Gasteiger partial charge in [0.25, 0.3) is 0 Å². The molecule has 160 valence electrons. The molecule has 9 nitrogen and oxygen atoms in total. The Hall–Kier alpha value is -1.54. The van der Waals surface area contributed by atoms with Gasteiger partial charge in [-0.05, 0) is 11.1 Å². The van der Waals surface area contributed by atoms with Crippen LogP contribution in [0, 0.1) is 0 Å². The molecule has 2 unspecified atom stereocenters. The van der Waals surface area contributed by atoms with Gasteiger partial charge in [-0.3, -0.25) is 16.9 Å². The van der Waals surface area contributed by atoms with Gasteiger partial charge in [0.05, 0.1) is 11.8 Å². The Morgan fingerprint density at radius 3 is 1.03 bits per heavy atom. The number of carboxylic acids is 2. The number of carbonyl (C=O) groups excluding carboxylic acids is 2. The predicted molar refractivity (Wildman–Crippen MR) is 101 cm³/mol. The van der Waals surface area contributed by atoms with Gasteiger partial charge in [-0.2, -0.15) is 0 Å². The molecule has 2 atom stereocenters. The summed E-state index contributed by atoms with van der Waals surface area (Å²) in [4.78, 5) is 42.8. The molecule has 0 fully saturated rings. The summed E-state index contributed by atoms with van der Waals surface area (Å²) >= 11 is 0. The number of benzene rings is 2. The molecule has 33 heavy (non-hydrogen) atoms. The first-order valence-electron chi connectivity index (χ1n) is 8.60. The van der Waals surface area contributed by atoms with Crippen LogP contribution in [0.5, 0.6) is 0 Å². The largest absolute Gasteiger partial charge is 1.00 e. The normalized spacial score (nSPS) is 10.3. The van der Waals surface area contributed by atoms with Crippen molar-refractivity contribution in [3.63, 3.8) is 0 Å². The zero-order chi connectivity index (χ0) is 23.3. The molecular weight excluding hydrogens is 416 g/mol. The number of hydrogen-bond donors (Lipinski definition) is 2. The molecule has 2 N–H and O–H groups in total. The van der Waals surface area contributed by atoms with E-state index in [1.807, 2.05) is 12.1 Å². The fourth-order valence-corrected chi connectivity index (χ4v) is 2.16. The van der Waals surface area contributed by atoms with Crippen molar-refractivity contribution in [3.05, 3.63) is 71.8 Å². The Morgan fingerprint density at radius 1 is 0.636 bits per heavy atom. The van der Waals surface area contributed by atoms with Crippen molar-refractivity contribution in [2.24, 2.45) is 0 Å². The second-order valence-electron chi connectivity index (χ2n) is 5.89. The maximum atomic E-state index is 11.0. The summed E-state index contributed by atoms with van der Waals surface area (Å²) in [6, 6.07) is 17.7. The Balaban J connectivity index is -0.000000203. The van der Waals surface area contributed by atoms with Crippen LogP contribution in [0.15, 0.2) is 60.7 Å². The van der Waals surface area contributed by atoms with Gasteiger partial charge in [0.1, 0.15) is 0 Å². The van der Waals surface area contributed by atoms with Crippen LogP contribution in [0.1, 0.15) is 36.8 Å². The molecule has 0 saturated carbocycles. The topological polar surface area (TPSA) is 178 Å². The van der Waals surface area contributed by atoms with E-state index in [1.54, 1.807) is 62.4 Å². The van der Waals surface area contributed by atoms with Crippen LogP contribution in [0.25, 0.3) is 0 Å². The zero-order valence-electron chi connectivity index (χ0n) is 19.3. The average Bonchev–Trinajstić information content (AvgIpc) is 2.72. The van der Waals surface area contributed by atoms with Crippen molar-refractivity contribution >= 4 is 30.8 Å². The van der Waals surface area contributed by atoms with Crippen LogP contribution in [0.2, 0.25) is 0 Å². The molecule has 0 bridgehead atoms. The number of carboxylic acid groups (broad SMARTS) is 2. The third kappa shape index (κ3) is 16.7. The van der Waals surface area contributed by atoms with Gasteiger partial charge in [-0.1, -0.05) is 74.5 Å². The summed E-state index contributed by atoms with van der Waals surface area (Å²) in [5, 5.41) is 42.2. The molecule has 0 heterocycles. The fourth-order valence-electron chi connectivity index (χ4n) is 2.16. The molecule has 0 aliphatic carbocycles.